The summed E-state index contributed by atoms with van der Waals surface area (Å²) in [6, 6.07) is 19.9. The molecular weight excluding hydrogens is 476 g/mol. The number of hydrogen-bond donors (Lipinski definition) is 2. The van der Waals surface area contributed by atoms with Gasteiger partial charge in [0, 0.05) is 4.47 Å². The molecule has 3 aromatic carbocycles. The van der Waals surface area contributed by atoms with E-state index in [0.29, 0.717) is 14.7 Å². The van der Waals surface area contributed by atoms with Gasteiger partial charge in [0.05, 0.1) is 16.3 Å². The van der Waals surface area contributed by atoms with Gasteiger partial charge in [-0.1, -0.05) is 46.3 Å². The molecule has 2 N–H and O–H groups in total. The highest BCUT2D eigenvalue weighted by Gasteiger charge is 2.14. The van der Waals surface area contributed by atoms with Crippen molar-refractivity contribution in [2.75, 3.05) is 0 Å². The number of ether oxygens (including phenoxy) is 1. The number of halogens is 2. The summed E-state index contributed by atoms with van der Waals surface area (Å²) in [6.45, 7) is 0. The number of para-hydroxylation sites is 1. The van der Waals surface area contributed by atoms with Crippen molar-refractivity contribution < 1.29 is 14.6 Å². The van der Waals surface area contributed by atoms with Gasteiger partial charge in [0.1, 0.15) is 17.2 Å². The molecular formula is C20H14Br2N2O3. The van der Waals surface area contributed by atoms with Crippen LogP contribution >= 0.6 is 31.9 Å². The van der Waals surface area contributed by atoms with Crippen molar-refractivity contribution >= 4 is 44.0 Å². The fourth-order valence-corrected chi connectivity index (χ4v) is 3.47. The molecule has 0 radical (unpaired) electrons. The Hall–Kier alpha value is -2.64. The highest BCUT2D eigenvalue weighted by atomic mass is 79.9. The van der Waals surface area contributed by atoms with Crippen LogP contribution < -0.4 is 10.2 Å². The van der Waals surface area contributed by atoms with Crippen molar-refractivity contribution in [1.29, 1.82) is 0 Å². The second-order valence-electron chi connectivity index (χ2n) is 5.47. The third-order valence-corrected chi connectivity index (χ3v) is 4.55. The van der Waals surface area contributed by atoms with Gasteiger partial charge in [-0.15, -0.1) is 0 Å². The molecule has 5 nitrogen and oxygen atoms in total. The molecule has 1 amide bonds. The molecule has 0 fully saturated rings. The van der Waals surface area contributed by atoms with Crippen molar-refractivity contribution in [3.05, 3.63) is 86.8 Å². The molecule has 3 aromatic rings. The van der Waals surface area contributed by atoms with Crippen LogP contribution in [0.1, 0.15) is 15.9 Å². The minimum Gasteiger partial charge on any atom is -0.506 e. The maximum absolute atomic E-state index is 12.2. The van der Waals surface area contributed by atoms with Crippen LogP contribution in [0.4, 0.5) is 0 Å². The number of hydrazone groups is 1. The molecule has 0 saturated carbocycles. The third-order valence-electron chi connectivity index (χ3n) is 3.49. The molecule has 7 heteroatoms. The van der Waals surface area contributed by atoms with E-state index in [9.17, 15) is 9.90 Å². The van der Waals surface area contributed by atoms with Crippen LogP contribution in [0, 0.1) is 0 Å². The normalized spacial score (nSPS) is 10.7. The van der Waals surface area contributed by atoms with E-state index >= 15 is 0 Å². The van der Waals surface area contributed by atoms with E-state index in [4.69, 9.17) is 4.74 Å². The molecule has 0 aliphatic rings. The molecule has 0 saturated heterocycles. The number of nitrogens with zero attached hydrogens (tertiary/aromatic N) is 1. The molecule has 3 rings (SSSR count). The molecule has 0 aliphatic heterocycles. The molecule has 0 aliphatic carbocycles. The summed E-state index contributed by atoms with van der Waals surface area (Å²) in [5.41, 5.74) is 3.26. The van der Waals surface area contributed by atoms with Crippen LogP contribution in [0.2, 0.25) is 0 Å². The molecule has 0 aromatic heterocycles. The zero-order chi connectivity index (χ0) is 19.2. The molecule has 0 spiro atoms. The van der Waals surface area contributed by atoms with E-state index in [2.05, 4.69) is 42.4 Å². The Bertz CT molecular complexity index is 992. The first kappa shape index (κ1) is 19.1. The van der Waals surface area contributed by atoms with Gasteiger partial charge in [0.2, 0.25) is 0 Å². The second kappa shape index (κ2) is 8.83. The fourth-order valence-electron chi connectivity index (χ4n) is 2.25. The number of carbonyl (C=O) groups excluding carboxylic acids is 1. The summed E-state index contributed by atoms with van der Waals surface area (Å²) in [5, 5.41) is 13.9. The summed E-state index contributed by atoms with van der Waals surface area (Å²) < 4.78 is 6.84. The Labute approximate surface area is 172 Å². The molecule has 0 bridgehead atoms. The lowest BCUT2D eigenvalue weighted by Gasteiger charge is -2.06. The van der Waals surface area contributed by atoms with Crippen molar-refractivity contribution in [2.24, 2.45) is 5.10 Å². The molecule has 136 valence electrons. The number of carbonyl (C=O) groups is 1. The number of rotatable bonds is 5. The van der Waals surface area contributed by atoms with Crippen LogP contribution in [-0.2, 0) is 0 Å². The zero-order valence-electron chi connectivity index (χ0n) is 13.9. The lowest BCUT2D eigenvalue weighted by molar-refractivity contribution is 0.0952. The zero-order valence-corrected chi connectivity index (χ0v) is 17.1. The Balaban J connectivity index is 1.68. The molecule has 0 heterocycles. The van der Waals surface area contributed by atoms with Gasteiger partial charge in [-0.3, -0.25) is 4.79 Å². The minimum absolute atomic E-state index is 0.106. The van der Waals surface area contributed by atoms with Crippen molar-refractivity contribution in [3.8, 4) is 17.2 Å². The standard InChI is InChI=1S/C20H14Br2N2O3/c21-14-10-17(19(25)18(22)11-14)20(26)24-23-12-13-5-4-8-16(9-13)27-15-6-2-1-3-7-15/h1-12,25H,(H,24,26)/b23-12+. The number of amides is 1. The average Bonchev–Trinajstić information content (AvgIpc) is 2.65. The predicted molar refractivity (Wildman–Crippen MR) is 112 cm³/mol. The summed E-state index contributed by atoms with van der Waals surface area (Å²) in [7, 11) is 0. The minimum atomic E-state index is -0.526. The highest BCUT2D eigenvalue weighted by molar-refractivity contribution is 9.11. The van der Waals surface area contributed by atoms with Gasteiger partial charge in [0.25, 0.3) is 5.91 Å². The first-order valence-electron chi connectivity index (χ1n) is 7.87. The highest BCUT2D eigenvalue weighted by Crippen LogP contribution is 2.31. The topological polar surface area (TPSA) is 70.9 Å². The lowest BCUT2D eigenvalue weighted by Crippen LogP contribution is -2.17. The quantitative estimate of drug-likeness (QED) is 0.368. The van der Waals surface area contributed by atoms with Gasteiger partial charge in [-0.05, 0) is 57.9 Å². The molecule has 0 atom stereocenters. The predicted octanol–water partition coefficient (Wildman–Crippen LogP) is 5.47. The van der Waals surface area contributed by atoms with Crippen molar-refractivity contribution in [1.82, 2.24) is 5.43 Å². The van der Waals surface area contributed by atoms with E-state index < -0.39 is 5.91 Å². The van der Waals surface area contributed by atoms with Crippen LogP contribution in [0.15, 0.2) is 80.8 Å². The summed E-state index contributed by atoms with van der Waals surface area (Å²) >= 11 is 6.47. The monoisotopic (exact) mass is 488 g/mol. The number of benzene rings is 3. The first-order chi connectivity index (χ1) is 13.0. The third kappa shape index (κ3) is 5.18. The van der Waals surface area contributed by atoms with E-state index in [-0.39, 0.29) is 11.3 Å². The van der Waals surface area contributed by atoms with Crippen LogP contribution in [0.3, 0.4) is 0 Å². The summed E-state index contributed by atoms with van der Waals surface area (Å²) in [6.07, 6.45) is 1.50. The fraction of sp³-hybridized carbons (Fsp3) is 0. The Morgan fingerprint density at radius 1 is 1.00 bits per heavy atom. The number of nitrogens with one attached hydrogen (secondary N) is 1. The largest absolute Gasteiger partial charge is 0.506 e. The Morgan fingerprint density at radius 2 is 1.74 bits per heavy atom. The van der Waals surface area contributed by atoms with Crippen molar-refractivity contribution in [3.63, 3.8) is 0 Å². The molecule has 27 heavy (non-hydrogen) atoms. The SMILES string of the molecule is O=C(N/N=C/c1cccc(Oc2ccccc2)c1)c1cc(Br)cc(Br)c1O. The van der Waals surface area contributed by atoms with E-state index in [0.717, 1.165) is 11.3 Å². The van der Waals surface area contributed by atoms with E-state index in [1.165, 1.54) is 12.3 Å². The summed E-state index contributed by atoms with van der Waals surface area (Å²) in [4.78, 5) is 12.2. The Morgan fingerprint density at radius 3 is 2.52 bits per heavy atom. The number of aromatic hydroxyl groups is 1. The first-order valence-corrected chi connectivity index (χ1v) is 9.46. The Kier molecular flexibility index (Phi) is 6.26. The van der Waals surface area contributed by atoms with Gasteiger partial charge in [0.15, 0.2) is 0 Å². The van der Waals surface area contributed by atoms with E-state index in [1.807, 2.05) is 48.5 Å². The average molecular weight is 490 g/mol. The van der Waals surface area contributed by atoms with Crippen LogP contribution in [-0.4, -0.2) is 17.2 Å². The van der Waals surface area contributed by atoms with Gasteiger partial charge in [-0.25, -0.2) is 5.43 Å². The maximum atomic E-state index is 12.2. The number of hydrogen-bond acceptors (Lipinski definition) is 4. The van der Waals surface area contributed by atoms with Gasteiger partial charge >= 0.3 is 0 Å². The maximum Gasteiger partial charge on any atom is 0.275 e. The van der Waals surface area contributed by atoms with Crippen LogP contribution in [0.25, 0.3) is 0 Å². The van der Waals surface area contributed by atoms with Crippen molar-refractivity contribution in [2.45, 2.75) is 0 Å². The van der Waals surface area contributed by atoms with Gasteiger partial charge < -0.3 is 9.84 Å². The number of phenols is 1. The molecule has 0 unspecified atom stereocenters. The smallest absolute Gasteiger partial charge is 0.275 e. The van der Waals surface area contributed by atoms with Gasteiger partial charge in [-0.2, -0.15) is 5.10 Å². The summed E-state index contributed by atoms with van der Waals surface area (Å²) in [5.74, 6) is 0.715. The second-order valence-corrected chi connectivity index (χ2v) is 7.24. The van der Waals surface area contributed by atoms with E-state index in [1.54, 1.807) is 12.1 Å². The number of phenolic OH excluding ortho intramolecular Hbond substituents is 1. The van der Waals surface area contributed by atoms with Crippen LogP contribution in [0.5, 0.6) is 17.2 Å². The lowest BCUT2D eigenvalue weighted by atomic mass is 10.2.